The second kappa shape index (κ2) is 8.24. The van der Waals surface area contributed by atoms with Crippen LogP contribution in [0.3, 0.4) is 0 Å². The van der Waals surface area contributed by atoms with Crippen LogP contribution >= 0.6 is 0 Å². The van der Waals surface area contributed by atoms with E-state index in [2.05, 4.69) is 51.1 Å². The Morgan fingerprint density at radius 2 is 1.81 bits per heavy atom. The number of aliphatic hydroxyl groups is 1. The van der Waals surface area contributed by atoms with E-state index in [1.807, 2.05) is 47.1 Å². The predicted octanol–water partition coefficient (Wildman–Crippen LogP) is 3.90. The number of nitrogens with one attached hydrogen (secondary N) is 1. The average Bonchev–Trinajstić information content (AvgIpc) is 3.21. The topological polar surface area (TPSA) is 65.7 Å². The van der Waals surface area contributed by atoms with E-state index in [4.69, 9.17) is 0 Å². The van der Waals surface area contributed by atoms with E-state index < -0.39 is 0 Å². The third kappa shape index (κ3) is 3.66. The Labute approximate surface area is 181 Å². The van der Waals surface area contributed by atoms with Gasteiger partial charge in [0.25, 0.3) is 0 Å². The lowest BCUT2D eigenvalue weighted by Crippen LogP contribution is -2.28. The summed E-state index contributed by atoms with van der Waals surface area (Å²) in [6, 6.07) is 20.1. The fourth-order valence-corrected chi connectivity index (χ4v) is 4.30. The van der Waals surface area contributed by atoms with E-state index in [1.54, 1.807) is 6.33 Å². The van der Waals surface area contributed by atoms with Crippen molar-refractivity contribution in [3.05, 3.63) is 102 Å². The van der Waals surface area contributed by atoms with Crippen LogP contribution in [0.5, 0.6) is 0 Å². The molecule has 0 radical (unpaired) electrons. The van der Waals surface area contributed by atoms with E-state index in [9.17, 15) is 5.11 Å². The molecular formula is C25H25N5O. The monoisotopic (exact) mass is 411 g/mol. The lowest BCUT2D eigenvalue weighted by molar-refractivity contribution is 0.276. The number of hydrogen-bond donors (Lipinski definition) is 2. The summed E-state index contributed by atoms with van der Waals surface area (Å²) in [4.78, 5) is 6.83. The molecule has 0 unspecified atom stereocenters. The van der Waals surface area contributed by atoms with Crippen molar-refractivity contribution in [2.24, 2.45) is 0 Å². The van der Waals surface area contributed by atoms with Gasteiger partial charge in [-0.3, -0.25) is 0 Å². The SMILES string of the molecule is C=C1c2cn3ncnc(N[C@H](CO)c4ccccc4)c3c2CCN1Cc1ccccc1. The highest BCUT2D eigenvalue weighted by atomic mass is 16.3. The molecular weight excluding hydrogens is 386 g/mol. The molecule has 31 heavy (non-hydrogen) atoms. The summed E-state index contributed by atoms with van der Waals surface area (Å²) in [7, 11) is 0. The van der Waals surface area contributed by atoms with Gasteiger partial charge in [-0.15, -0.1) is 0 Å². The van der Waals surface area contributed by atoms with Crippen molar-refractivity contribution in [2.75, 3.05) is 18.5 Å². The molecule has 0 aliphatic carbocycles. The number of anilines is 1. The molecule has 1 aliphatic heterocycles. The number of aliphatic hydroxyl groups excluding tert-OH is 1. The molecule has 2 aromatic heterocycles. The Hall–Kier alpha value is -3.64. The highest BCUT2D eigenvalue weighted by molar-refractivity contribution is 5.81. The normalized spacial score (nSPS) is 14.5. The van der Waals surface area contributed by atoms with E-state index in [0.29, 0.717) is 0 Å². The highest BCUT2D eigenvalue weighted by Gasteiger charge is 2.26. The van der Waals surface area contributed by atoms with Gasteiger partial charge >= 0.3 is 0 Å². The Morgan fingerprint density at radius 3 is 2.55 bits per heavy atom. The zero-order valence-corrected chi connectivity index (χ0v) is 17.3. The molecule has 3 heterocycles. The van der Waals surface area contributed by atoms with Crippen molar-refractivity contribution in [1.82, 2.24) is 19.5 Å². The number of rotatable bonds is 6. The smallest absolute Gasteiger partial charge is 0.154 e. The lowest BCUT2D eigenvalue weighted by atomic mass is 9.99. The third-order valence-electron chi connectivity index (χ3n) is 5.91. The van der Waals surface area contributed by atoms with Gasteiger partial charge in [0.05, 0.1) is 12.6 Å². The molecule has 0 amide bonds. The number of hydrogen-bond acceptors (Lipinski definition) is 5. The number of fused-ring (bicyclic) bond motifs is 3. The van der Waals surface area contributed by atoms with Gasteiger partial charge in [0.1, 0.15) is 11.8 Å². The highest BCUT2D eigenvalue weighted by Crippen LogP contribution is 2.35. The molecule has 0 saturated heterocycles. The molecule has 2 aromatic carbocycles. The maximum atomic E-state index is 9.99. The molecule has 1 aliphatic rings. The van der Waals surface area contributed by atoms with E-state index in [-0.39, 0.29) is 12.6 Å². The Kier molecular flexibility index (Phi) is 5.14. The summed E-state index contributed by atoms with van der Waals surface area (Å²) in [6.45, 7) is 6.08. The minimum atomic E-state index is -0.244. The van der Waals surface area contributed by atoms with Crippen LogP contribution in [0.2, 0.25) is 0 Å². The number of benzene rings is 2. The second-order valence-electron chi connectivity index (χ2n) is 7.82. The van der Waals surface area contributed by atoms with Crippen molar-refractivity contribution in [3.63, 3.8) is 0 Å². The molecule has 2 N–H and O–H groups in total. The first-order valence-electron chi connectivity index (χ1n) is 10.5. The molecule has 0 saturated carbocycles. The van der Waals surface area contributed by atoms with Gasteiger partial charge in [0.15, 0.2) is 5.82 Å². The zero-order chi connectivity index (χ0) is 21.2. The van der Waals surface area contributed by atoms with Crippen molar-refractivity contribution in [2.45, 2.75) is 19.0 Å². The van der Waals surface area contributed by atoms with Crippen LogP contribution in [0, 0.1) is 0 Å². The molecule has 0 bridgehead atoms. The third-order valence-corrected chi connectivity index (χ3v) is 5.91. The van der Waals surface area contributed by atoms with Gasteiger partial charge < -0.3 is 15.3 Å². The Bertz CT molecular complexity index is 1200. The molecule has 0 fully saturated rings. The van der Waals surface area contributed by atoms with Crippen molar-refractivity contribution >= 4 is 17.0 Å². The molecule has 4 aromatic rings. The largest absolute Gasteiger partial charge is 0.394 e. The summed E-state index contributed by atoms with van der Waals surface area (Å²) in [5.41, 5.74) is 6.54. The first-order valence-corrected chi connectivity index (χ1v) is 10.5. The van der Waals surface area contributed by atoms with Crippen LogP contribution in [0.4, 0.5) is 5.82 Å². The van der Waals surface area contributed by atoms with Crippen LogP contribution in [0.15, 0.2) is 79.8 Å². The van der Waals surface area contributed by atoms with E-state index in [0.717, 1.165) is 47.7 Å². The molecule has 0 spiro atoms. The van der Waals surface area contributed by atoms with Crippen molar-refractivity contribution < 1.29 is 5.11 Å². The number of aromatic nitrogens is 3. The maximum absolute atomic E-state index is 9.99. The van der Waals surface area contributed by atoms with Crippen molar-refractivity contribution in [3.8, 4) is 0 Å². The fourth-order valence-electron chi connectivity index (χ4n) is 4.30. The minimum absolute atomic E-state index is 0.0271. The molecule has 5 rings (SSSR count). The standard InChI is InChI=1S/C25H25N5O/c1-18-22-15-30-24(21(22)12-13-29(18)14-19-8-4-2-5-9-19)25(26-17-27-30)28-23(16-31)20-10-6-3-7-11-20/h2-11,15,17,23,31H,1,12-14,16H2,(H,26,27,28)/t23-/m1/s1. The zero-order valence-electron chi connectivity index (χ0n) is 17.3. The minimum Gasteiger partial charge on any atom is -0.394 e. The second-order valence-corrected chi connectivity index (χ2v) is 7.82. The van der Waals surface area contributed by atoms with Gasteiger partial charge in [-0.25, -0.2) is 9.50 Å². The average molecular weight is 412 g/mol. The van der Waals surface area contributed by atoms with Crippen LogP contribution < -0.4 is 5.32 Å². The lowest BCUT2D eigenvalue weighted by Gasteiger charge is -2.31. The van der Waals surface area contributed by atoms with E-state index in [1.165, 1.54) is 11.1 Å². The summed E-state index contributed by atoms with van der Waals surface area (Å²) in [6.07, 6.45) is 4.47. The van der Waals surface area contributed by atoms with Gasteiger partial charge in [0, 0.05) is 30.5 Å². The molecule has 6 heteroatoms. The van der Waals surface area contributed by atoms with Crippen molar-refractivity contribution in [1.29, 1.82) is 0 Å². The molecule has 156 valence electrons. The van der Waals surface area contributed by atoms with Crippen LogP contribution in [0.1, 0.15) is 28.3 Å². The van der Waals surface area contributed by atoms with Crippen LogP contribution in [0.25, 0.3) is 11.2 Å². The fraction of sp³-hybridized carbons (Fsp3) is 0.200. The predicted molar refractivity (Wildman–Crippen MR) is 122 cm³/mol. The van der Waals surface area contributed by atoms with Gasteiger partial charge in [0.2, 0.25) is 0 Å². The van der Waals surface area contributed by atoms with Gasteiger partial charge in [-0.05, 0) is 23.1 Å². The van der Waals surface area contributed by atoms with Gasteiger partial charge in [-0.2, -0.15) is 5.10 Å². The summed E-state index contributed by atoms with van der Waals surface area (Å²) >= 11 is 0. The first kappa shape index (κ1) is 19.3. The Morgan fingerprint density at radius 1 is 1.06 bits per heavy atom. The quantitative estimate of drug-likeness (QED) is 0.504. The first-order chi connectivity index (χ1) is 15.2. The molecule has 1 atom stereocenters. The summed E-state index contributed by atoms with van der Waals surface area (Å²) in [5.74, 6) is 0.725. The molecule has 6 nitrogen and oxygen atoms in total. The maximum Gasteiger partial charge on any atom is 0.154 e. The van der Waals surface area contributed by atoms with Crippen LogP contribution in [-0.4, -0.2) is 37.8 Å². The van der Waals surface area contributed by atoms with Gasteiger partial charge in [-0.1, -0.05) is 67.2 Å². The van der Waals surface area contributed by atoms with E-state index >= 15 is 0 Å². The van der Waals surface area contributed by atoms with Crippen LogP contribution in [-0.2, 0) is 13.0 Å². The Balaban J connectivity index is 1.47. The summed E-state index contributed by atoms with van der Waals surface area (Å²) in [5, 5.41) is 17.8. The number of nitrogens with zero attached hydrogens (tertiary/aromatic N) is 4. The summed E-state index contributed by atoms with van der Waals surface area (Å²) < 4.78 is 1.87.